The van der Waals surface area contributed by atoms with Gasteiger partial charge in [-0.25, -0.2) is 4.79 Å². The van der Waals surface area contributed by atoms with Gasteiger partial charge in [0.05, 0.1) is 6.61 Å². The van der Waals surface area contributed by atoms with Crippen LogP contribution in [0.25, 0.3) is 0 Å². The molecule has 0 fully saturated rings. The second kappa shape index (κ2) is 9.15. The molecule has 5 nitrogen and oxygen atoms in total. The molecule has 0 aromatic carbocycles. The minimum atomic E-state index is -0.584. The van der Waals surface area contributed by atoms with Crippen molar-refractivity contribution < 1.29 is 19.1 Å². The summed E-state index contributed by atoms with van der Waals surface area (Å²) in [6, 6.07) is -0.584. The monoisotopic (exact) mass is 231 g/mol. The summed E-state index contributed by atoms with van der Waals surface area (Å²) in [5.74, 6) is -0.555. The first kappa shape index (κ1) is 14.9. The molecule has 1 atom stereocenters. The van der Waals surface area contributed by atoms with E-state index in [-0.39, 0.29) is 5.91 Å². The first-order valence-corrected chi connectivity index (χ1v) is 5.65. The largest absolute Gasteiger partial charge is 0.464 e. The summed E-state index contributed by atoms with van der Waals surface area (Å²) in [5, 5.41) is 2.57. The quantitative estimate of drug-likeness (QED) is 0.497. The summed E-state index contributed by atoms with van der Waals surface area (Å²) in [7, 11) is 0. The standard InChI is InChI=1S/C11H21NO4/c1-4-15-8-6-7-10(13)12-9(3)11(14)16-5-2/h9H,4-8H2,1-3H3,(H,12,13). The molecule has 1 unspecified atom stereocenters. The highest BCUT2D eigenvalue weighted by atomic mass is 16.5. The second-order valence-corrected chi connectivity index (χ2v) is 3.34. The molecule has 5 heteroatoms. The number of nitrogens with one attached hydrogen (secondary N) is 1. The summed E-state index contributed by atoms with van der Waals surface area (Å²) in [6.45, 7) is 6.79. The van der Waals surface area contributed by atoms with Crippen molar-refractivity contribution in [1.82, 2.24) is 5.32 Å². The van der Waals surface area contributed by atoms with Crippen molar-refractivity contribution in [3.05, 3.63) is 0 Å². The van der Waals surface area contributed by atoms with E-state index in [4.69, 9.17) is 9.47 Å². The lowest BCUT2D eigenvalue weighted by Gasteiger charge is -2.12. The van der Waals surface area contributed by atoms with Gasteiger partial charge in [0, 0.05) is 19.6 Å². The van der Waals surface area contributed by atoms with Gasteiger partial charge in [0.25, 0.3) is 0 Å². The summed E-state index contributed by atoms with van der Waals surface area (Å²) in [4.78, 5) is 22.5. The molecule has 0 aliphatic heterocycles. The van der Waals surface area contributed by atoms with Crippen molar-refractivity contribution >= 4 is 11.9 Å². The number of ether oxygens (including phenoxy) is 2. The SMILES string of the molecule is CCOCCCC(=O)NC(C)C(=O)OCC. The zero-order valence-electron chi connectivity index (χ0n) is 10.2. The predicted molar refractivity (Wildman–Crippen MR) is 60.0 cm³/mol. The van der Waals surface area contributed by atoms with Gasteiger partial charge < -0.3 is 14.8 Å². The molecule has 94 valence electrons. The Morgan fingerprint density at radius 3 is 2.50 bits per heavy atom. The van der Waals surface area contributed by atoms with Gasteiger partial charge in [-0.1, -0.05) is 0 Å². The highest BCUT2D eigenvalue weighted by molar-refractivity contribution is 5.84. The lowest BCUT2D eigenvalue weighted by Crippen LogP contribution is -2.39. The Kier molecular flexibility index (Phi) is 8.52. The van der Waals surface area contributed by atoms with Crippen LogP contribution in [0.2, 0.25) is 0 Å². The van der Waals surface area contributed by atoms with Gasteiger partial charge in [0.15, 0.2) is 0 Å². The van der Waals surface area contributed by atoms with Crippen LogP contribution < -0.4 is 5.32 Å². The average Bonchev–Trinajstić information content (AvgIpc) is 2.24. The van der Waals surface area contributed by atoms with Gasteiger partial charge in [-0.15, -0.1) is 0 Å². The lowest BCUT2D eigenvalue weighted by molar-refractivity contribution is -0.146. The van der Waals surface area contributed by atoms with Crippen molar-refractivity contribution in [1.29, 1.82) is 0 Å². The number of amides is 1. The zero-order valence-corrected chi connectivity index (χ0v) is 10.2. The number of hydrogen-bond acceptors (Lipinski definition) is 4. The van der Waals surface area contributed by atoms with Crippen molar-refractivity contribution in [2.24, 2.45) is 0 Å². The van der Waals surface area contributed by atoms with E-state index in [9.17, 15) is 9.59 Å². The van der Waals surface area contributed by atoms with E-state index in [1.165, 1.54) is 0 Å². The second-order valence-electron chi connectivity index (χ2n) is 3.34. The molecule has 0 saturated heterocycles. The molecule has 0 radical (unpaired) electrons. The van der Waals surface area contributed by atoms with E-state index in [1.807, 2.05) is 6.92 Å². The molecule has 0 saturated carbocycles. The third kappa shape index (κ3) is 7.23. The fourth-order valence-corrected chi connectivity index (χ4v) is 1.12. The molecule has 0 aliphatic carbocycles. The summed E-state index contributed by atoms with van der Waals surface area (Å²) < 4.78 is 9.87. The third-order valence-corrected chi connectivity index (χ3v) is 1.91. The molecule has 0 spiro atoms. The van der Waals surface area contributed by atoms with Crippen LogP contribution in [0, 0.1) is 0 Å². The van der Waals surface area contributed by atoms with Crippen molar-refractivity contribution in [3.63, 3.8) is 0 Å². The van der Waals surface area contributed by atoms with Crippen molar-refractivity contribution in [2.75, 3.05) is 19.8 Å². The van der Waals surface area contributed by atoms with Gasteiger partial charge in [0.1, 0.15) is 6.04 Å². The highest BCUT2D eigenvalue weighted by Gasteiger charge is 2.15. The Balaban J connectivity index is 3.65. The number of hydrogen-bond donors (Lipinski definition) is 1. The molecule has 16 heavy (non-hydrogen) atoms. The first-order valence-electron chi connectivity index (χ1n) is 5.65. The van der Waals surface area contributed by atoms with Crippen molar-refractivity contribution in [2.45, 2.75) is 39.7 Å². The fourth-order valence-electron chi connectivity index (χ4n) is 1.12. The molecule has 0 aromatic heterocycles. The Morgan fingerprint density at radius 1 is 1.25 bits per heavy atom. The molecular weight excluding hydrogens is 210 g/mol. The molecule has 0 rings (SSSR count). The molecule has 0 bridgehead atoms. The number of rotatable bonds is 8. The van der Waals surface area contributed by atoms with Crippen molar-refractivity contribution in [3.8, 4) is 0 Å². The Bertz CT molecular complexity index is 218. The van der Waals surface area contributed by atoms with Crippen LogP contribution >= 0.6 is 0 Å². The maximum absolute atomic E-state index is 11.4. The number of esters is 1. The van der Waals surface area contributed by atoms with Gasteiger partial charge in [-0.05, 0) is 27.2 Å². The minimum Gasteiger partial charge on any atom is -0.464 e. The van der Waals surface area contributed by atoms with Crippen LogP contribution in [0.5, 0.6) is 0 Å². The van der Waals surface area contributed by atoms with Crippen LogP contribution in [-0.2, 0) is 19.1 Å². The molecule has 1 amide bonds. The molecule has 0 aliphatic rings. The lowest BCUT2D eigenvalue weighted by atomic mass is 10.2. The Labute approximate surface area is 96.5 Å². The number of carbonyl (C=O) groups is 2. The summed E-state index contributed by atoms with van der Waals surface area (Å²) >= 11 is 0. The van der Waals surface area contributed by atoms with Crippen LogP contribution in [-0.4, -0.2) is 37.7 Å². The summed E-state index contributed by atoms with van der Waals surface area (Å²) in [6.07, 6.45) is 1.03. The third-order valence-electron chi connectivity index (χ3n) is 1.91. The number of carbonyl (C=O) groups excluding carboxylic acids is 2. The van der Waals surface area contributed by atoms with E-state index in [2.05, 4.69) is 5.32 Å². The Morgan fingerprint density at radius 2 is 1.94 bits per heavy atom. The topological polar surface area (TPSA) is 64.6 Å². The maximum Gasteiger partial charge on any atom is 0.328 e. The van der Waals surface area contributed by atoms with Gasteiger partial charge in [-0.3, -0.25) is 4.79 Å². The fraction of sp³-hybridized carbons (Fsp3) is 0.818. The summed E-state index contributed by atoms with van der Waals surface area (Å²) in [5.41, 5.74) is 0. The zero-order chi connectivity index (χ0) is 12.4. The van der Waals surface area contributed by atoms with E-state index in [0.29, 0.717) is 32.7 Å². The van der Waals surface area contributed by atoms with Gasteiger partial charge >= 0.3 is 5.97 Å². The average molecular weight is 231 g/mol. The molecule has 0 heterocycles. The van der Waals surface area contributed by atoms with Crippen LogP contribution in [0.15, 0.2) is 0 Å². The van der Waals surface area contributed by atoms with Crippen LogP contribution in [0.4, 0.5) is 0 Å². The van der Waals surface area contributed by atoms with Gasteiger partial charge in [-0.2, -0.15) is 0 Å². The van der Waals surface area contributed by atoms with E-state index >= 15 is 0 Å². The molecule has 1 N–H and O–H groups in total. The Hall–Kier alpha value is -1.10. The van der Waals surface area contributed by atoms with E-state index < -0.39 is 12.0 Å². The molecular formula is C11H21NO4. The minimum absolute atomic E-state index is 0.153. The van der Waals surface area contributed by atoms with Crippen LogP contribution in [0.1, 0.15) is 33.6 Å². The predicted octanol–water partition coefficient (Wildman–Crippen LogP) is 0.871. The van der Waals surface area contributed by atoms with Crippen LogP contribution in [0.3, 0.4) is 0 Å². The maximum atomic E-state index is 11.4. The smallest absolute Gasteiger partial charge is 0.328 e. The highest BCUT2D eigenvalue weighted by Crippen LogP contribution is 1.93. The first-order chi connectivity index (χ1) is 7.61. The van der Waals surface area contributed by atoms with Gasteiger partial charge in [0.2, 0.25) is 5.91 Å². The van der Waals surface area contributed by atoms with E-state index in [0.717, 1.165) is 0 Å². The normalized spacial score (nSPS) is 11.9. The van der Waals surface area contributed by atoms with E-state index in [1.54, 1.807) is 13.8 Å². The molecule has 0 aromatic rings.